The van der Waals surface area contributed by atoms with E-state index in [1.54, 1.807) is 40.9 Å². The van der Waals surface area contributed by atoms with Gasteiger partial charge in [-0.3, -0.25) is 0 Å². The molecule has 26 heavy (non-hydrogen) atoms. The molecular weight excluding hydrogens is 412 g/mol. The summed E-state index contributed by atoms with van der Waals surface area (Å²) in [7, 11) is 0. The van der Waals surface area contributed by atoms with Crippen molar-refractivity contribution in [2.75, 3.05) is 0 Å². The highest BCUT2D eigenvalue weighted by molar-refractivity contribution is 9.10. The number of phenols is 1. The number of benzene rings is 2. The molecule has 1 N–H and O–H groups in total. The van der Waals surface area contributed by atoms with E-state index in [0.717, 1.165) is 39.6 Å². The van der Waals surface area contributed by atoms with Gasteiger partial charge in [0.05, 0.1) is 6.21 Å². The van der Waals surface area contributed by atoms with E-state index in [2.05, 4.69) is 50.3 Å². The van der Waals surface area contributed by atoms with Gasteiger partial charge in [-0.2, -0.15) is 9.78 Å². The highest BCUT2D eigenvalue weighted by atomic mass is 79.9. The third-order valence-corrected chi connectivity index (χ3v) is 5.14. The fourth-order valence-electron chi connectivity index (χ4n) is 2.34. The van der Waals surface area contributed by atoms with E-state index < -0.39 is 0 Å². The van der Waals surface area contributed by atoms with Gasteiger partial charge in [-0.25, -0.2) is 0 Å². The van der Waals surface area contributed by atoms with Gasteiger partial charge in [0.2, 0.25) is 5.16 Å². The average molecular weight is 431 g/mol. The van der Waals surface area contributed by atoms with Crippen LogP contribution in [0.3, 0.4) is 0 Å². The normalized spacial score (nSPS) is 11.3. The Balaban J connectivity index is 1.80. The van der Waals surface area contributed by atoms with Crippen LogP contribution in [-0.2, 0) is 12.2 Å². The molecule has 2 aromatic carbocycles. The van der Waals surface area contributed by atoms with Crippen LogP contribution in [0.2, 0.25) is 0 Å². The Morgan fingerprint density at radius 2 is 2.00 bits per heavy atom. The van der Waals surface area contributed by atoms with E-state index in [1.165, 1.54) is 5.56 Å². The van der Waals surface area contributed by atoms with Gasteiger partial charge in [0.15, 0.2) is 5.82 Å². The molecule has 7 heteroatoms. The number of phenolic OH excluding ortho intramolecular Hbond substituents is 1. The maximum atomic E-state index is 9.59. The summed E-state index contributed by atoms with van der Waals surface area (Å²) in [6.07, 6.45) is 3.49. The van der Waals surface area contributed by atoms with Gasteiger partial charge >= 0.3 is 0 Å². The molecule has 0 unspecified atom stereocenters. The number of nitrogens with zero attached hydrogens (tertiary/aromatic N) is 4. The monoisotopic (exact) mass is 430 g/mol. The highest BCUT2D eigenvalue weighted by Crippen LogP contribution is 2.23. The largest absolute Gasteiger partial charge is 0.508 e. The van der Waals surface area contributed by atoms with Gasteiger partial charge in [0, 0.05) is 16.6 Å². The second-order valence-electron chi connectivity index (χ2n) is 5.72. The summed E-state index contributed by atoms with van der Waals surface area (Å²) < 4.78 is 2.85. The summed E-state index contributed by atoms with van der Waals surface area (Å²) in [6, 6.07) is 15.2. The first-order valence-electron chi connectivity index (χ1n) is 8.30. The van der Waals surface area contributed by atoms with E-state index in [0.29, 0.717) is 0 Å². The number of rotatable bonds is 7. The van der Waals surface area contributed by atoms with Gasteiger partial charge in [-0.05, 0) is 41.8 Å². The Morgan fingerprint density at radius 3 is 2.73 bits per heavy atom. The van der Waals surface area contributed by atoms with Gasteiger partial charge in [0.25, 0.3) is 0 Å². The van der Waals surface area contributed by atoms with Crippen molar-refractivity contribution in [2.24, 2.45) is 5.10 Å². The number of hydrogen-bond donors (Lipinski definition) is 1. The molecule has 0 aliphatic carbocycles. The summed E-state index contributed by atoms with van der Waals surface area (Å²) in [5.41, 5.74) is 2.03. The van der Waals surface area contributed by atoms with Crippen molar-refractivity contribution in [3.63, 3.8) is 0 Å². The molecule has 0 saturated carbocycles. The first-order chi connectivity index (χ1) is 12.7. The van der Waals surface area contributed by atoms with Crippen LogP contribution in [0.1, 0.15) is 30.3 Å². The molecule has 1 aromatic heterocycles. The smallest absolute Gasteiger partial charge is 0.212 e. The zero-order valence-corrected chi connectivity index (χ0v) is 16.7. The molecule has 134 valence electrons. The van der Waals surface area contributed by atoms with E-state index in [1.807, 2.05) is 18.2 Å². The second kappa shape index (κ2) is 9.00. The van der Waals surface area contributed by atoms with Crippen LogP contribution in [0.4, 0.5) is 0 Å². The van der Waals surface area contributed by atoms with E-state index >= 15 is 0 Å². The number of aromatic hydroxyl groups is 1. The number of thioether (sulfide) groups is 1. The number of halogens is 1. The van der Waals surface area contributed by atoms with Gasteiger partial charge < -0.3 is 5.11 Å². The molecule has 0 fully saturated rings. The minimum atomic E-state index is 0.219. The van der Waals surface area contributed by atoms with E-state index in [-0.39, 0.29) is 5.75 Å². The van der Waals surface area contributed by atoms with E-state index in [9.17, 15) is 5.11 Å². The van der Waals surface area contributed by atoms with Crippen molar-refractivity contribution in [3.8, 4) is 5.75 Å². The summed E-state index contributed by atoms with van der Waals surface area (Å²) in [4.78, 5) is 0. The molecule has 3 aromatic rings. The predicted molar refractivity (Wildman–Crippen MR) is 109 cm³/mol. The summed E-state index contributed by atoms with van der Waals surface area (Å²) in [5, 5.41) is 23.5. The maximum Gasteiger partial charge on any atom is 0.212 e. The molecule has 0 spiro atoms. The molecule has 0 amide bonds. The fourth-order valence-corrected chi connectivity index (χ4v) is 3.47. The lowest BCUT2D eigenvalue weighted by molar-refractivity contribution is 0.475. The lowest BCUT2D eigenvalue weighted by atomic mass is 10.2. The second-order valence-corrected chi connectivity index (χ2v) is 7.57. The number of hydrogen-bond acceptors (Lipinski definition) is 5. The zero-order chi connectivity index (χ0) is 18.4. The van der Waals surface area contributed by atoms with Gasteiger partial charge in [-0.1, -0.05) is 58.9 Å². The zero-order valence-electron chi connectivity index (χ0n) is 14.3. The third kappa shape index (κ3) is 4.95. The van der Waals surface area contributed by atoms with Gasteiger partial charge in [0.1, 0.15) is 5.75 Å². The first-order valence-corrected chi connectivity index (χ1v) is 10.1. The van der Waals surface area contributed by atoms with E-state index in [4.69, 9.17) is 0 Å². The van der Waals surface area contributed by atoms with Crippen LogP contribution in [0, 0.1) is 0 Å². The Bertz CT molecular complexity index is 893. The molecular formula is C19H19BrN4OS. The third-order valence-electron chi connectivity index (χ3n) is 3.62. The molecule has 1 heterocycles. The Kier molecular flexibility index (Phi) is 6.46. The molecule has 3 rings (SSSR count). The standard InChI is InChI=1S/C19H19BrN4OS/c1-2-4-18-22-23-19(26-13-14-7-9-16(20)10-8-14)24(18)21-12-15-5-3-6-17(25)11-15/h3,5-12,25H,2,4,13H2,1H3/b21-12+. The highest BCUT2D eigenvalue weighted by Gasteiger charge is 2.11. The summed E-state index contributed by atoms with van der Waals surface area (Å²) in [6.45, 7) is 2.10. The molecule has 0 atom stereocenters. The van der Waals surface area contributed by atoms with Crippen molar-refractivity contribution in [2.45, 2.75) is 30.7 Å². The lowest BCUT2D eigenvalue weighted by Gasteiger charge is -2.04. The van der Waals surface area contributed by atoms with Crippen LogP contribution in [0.15, 0.2) is 63.3 Å². The molecule has 0 radical (unpaired) electrons. The minimum Gasteiger partial charge on any atom is -0.508 e. The lowest BCUT2D eigenvalue weighted by Crippen LogP contribution is -2.00. The van der Waals surface area contributed by atoms with Crippen LogP contribution in [0.5, 0.6) is 5.75 Å². The molecule has 0 saturated heterocycles. The van der Waals surface area contributed by atoms with Crippen molar-refractivity contribution >= 4 is 33.9 Å². The Morgan fingerprint density at radius 1 is 1.19 bits per heavy atom. The Labute approximate surface area is 165 Å². The molecule has 0 aliphatic rings. The van der Waals surface area contributed by atoms with Crippen molar-refractivity contribution in [1.29, 1.82) is 0 Å². The summed E-state index contributed by atoms with van der Waals surface area (Å²) >= 11 is 5.05. The SMILES string of the molecule is CCCc1nnc(SCc2ccc(Br)cc2)n1/N=C/c1cccc(O)c1. The van der Waals surface area contributed by atoms with Crippen molar-refractivity contribution in [3.05, 3.63) is 70.0 Å². The van der Waals surface area contributed by atoms with Crippen molar-refractivity contribution in [1.82, 2.24) is 14.9 Å². The fraction of sp³-hybridized carbons (Fsp3) is 0.211. The van der Waals surface area contributed by atoms with Crippen LogP contribution in [-0.4, -0.2) is 26.2 Å². The average Bonchev–Trinajstić information content (AvgIpc) is 3.02. The molecule has 0 aliphatic heterocycles. The summed E-state index contributed by atoms with van der Waals surface area (Å²) in [5.74, 6) is 1.85. The molecule has 5 nitrogen and oxygen atoms in total. The van der Waals surface area contributed by atoms with Gasteiger partial charge in [-0.15, -0.1) is 10.2 Å². The Hall–Kier alpha value is -2.12. The quantitative estimate of drug-likeness (QED) is 0.428. The topological polar surface area (TPSA) is 63.3 Å². The number of aromatic nitrogens is 3. The van der Waals surface area contributed by atoms with Crippen molar-refractivity contribution < 1.29 is 5.11 Å². The molecule has 0 bridgehead atoms. The van der Waals surface area contributed by atoms with Crippen LogP contribution >= 0.6 is 27.7 Å². The number of aryl methyl sites for hydroxylation is 1. The first kappa shape index (κ1) is 18.7. The van der Waals surface area contributed by atoms with Crippen LogP contribution in [0.25, 0.3) is 0 Å². The predicted octanol–water partition coefficient (Wildman–Crippen LogP) is 4.87. The van der Waals surface area contributed by atoms with Crippen LogP contribution < -0.4 is 0 Å². The maximum absolute atomic E-state index is 9.59. The minimum absolute atomic E-state index is 0.219.